The van der Waals surface area contributed by atoms with Gasteiger partial charge < -0.3 is 24.1 Å². The molecule has 0 unspecified atom stereocenters. The minimum Gasteiger partial charge on any atom is -0.489 e. The van der Waals surface area contributed by atoms with Crippen LogP contribution >= 0.6 is 15.9 Å². The van der Waals surface area contributed by atoms with Crippen LogP contribution in [0.4, 0.5) is 4.79 Å². The molecule has 0 bridgehead atoms. The van der Waals surface area contributed by atoms with Gasteiger partial charge in [0.2, 0.25) is 0 Å². The Bertz CT molecular complexity index is 1330. The summed E-state index contributed by atoms with van der Waals surface area (Å²) in [5.41, 5.74) is 6.54. The fraction of sp³-hybridized carbons (Fsp3) is 0.324. The van der Waals surface area contributed by atoms with Crippen molar-refractivity contribution in [1.82, 2.24) is 0 Å². The molecular formula is C37H45BrO6. The fourth-order valence-corrected chi connectivity index (χ4v) is 3.44. The van der Waals surface area contributed by atoms with Crippen molar-refractivity contribution in [2.45, 2.75) is 78.9 Å². The van der Waals surface area contributed by atoms with Crippen LogP contribution in [0.5, 0.6) is 11.5 Å². The van der Waals surface area contributed by atoms with Gasteiger partial charge in [-0.1, -0.05) is 114 Å². The number of aliphatic hydroxyl groups is 1. The van der Waals surface area contributed by atoms with Crippen molar-refractivity contribution < 1.29 is 28.8 Å². The third-order valence-corrected chi connectivity index (χ3v) is 5.77. The summed E-state index contributed by atoms with van der Waals surface area (Å²) in [5, 5.41) is 8.92. The Labute approximate surface area is 271 Å². The first-order valence-electron chi connectivity index (χ1n) is 14.7. The van der Waals surface area contributed by atoms with Crippen LogP contribution in [0.3, 0.4) is 0 Å². The molecule has 4 rings (SSSR count). The van der Waals surface area contributed by atoms with Crippen molar-refractivity contribution in [2.24, 2.45) is 0 Å². The number of benzene rings is 4. The molecule has 236 valence electrons. The molecule has 7 heteroatoms. The van der Waals surface area contributed by atoms with Crippen LogP contribution in [0.2, 0.25) is 0 Å². The quantitative estimate of drug-likeness (QED) is 0.134. The predicted molar refractivity (Wildman–Crippen MR) is 180 cm³/mol. The topological polar surface area (TPSA) is 74.2 Å². The van der Waals surface area contributed by atoms with E-state index in [9.17, 15) is 4.79 Å². The number of rotatable bonds is 10. The number of ether oxygens (including phenoxy) is 4. The highest BCUT2D eigenvalue weighted by Crippen LogP contribution is 2.16. The van der Waals surface area contributed by atoms with Gasteiger partial charge in [0.15, 0.2) is 0 Å². The molecule has 0 saturated heterocycles. The van der Waals surface area contributed by atoms with Crippen molar-refractivity contribution in [3.8, 4) is 11.5 Å². The second-order valence-corrected chi connectivity index (χ2v) is 12.5. The average Bonchev–Trinajstić information content (AvgIpc) is 3.00. The zero-order chi connectivity index (χ0) is 32.3. The van der Waals surface area contributed by atoms with E-state index in [-0.39, 0.29) is 19.3 Å². The van der Waals surface area contributed by atoms with Crippen LogP contribution in [0, 0.1) is 13.8 Å². The van der Waals surface area contributed by atoms with Gasteiger partial charge in [-0.3, -0.25) is 0 Å². The molecule has 0 atom stereocenters. The van der Waals surface area contributed by atoms with E-state index in [0.717, 1.165) is 33.8 Å². The Kier molecular flexibility index (Phi) is 16.7. The number of aryl methyl sites for hydroxylation is 2. The number of carbonyl (C=O) groups is 1. The van der Waals surface area contributed by atoms with Gasteiger partial charge in [0.05, 0.1) is 12.7 Å². The molecule has 0 radical (unpaired) electrons. The third kappa shape index (κ3) is 16.1. The first kappa shape index (κ1) is 36.4. The van der Waals surface area contributed by atoms with Crippen molar-refractivity contribution in [3.05, 3.63) is 130 Å². The third-order valence-electron chi connectivity index (χ3n) is 5.77. The van der Waals surface area contributed by atoms with Crippen LogP contribution in [0.25, 0.3) is 0 Å². The standard InChI is InChI=1S/C19H22O4.C15H16O2.C3H7Br/c1-14(2)23-19(20)22-13-17-8-10-18(11-9-17)21-12-16-6-4-15(3)5-7-16;1-12-2-4-14(5-3-12)11-17-15-8-6-13(10-16)7-9-15;1-3(2)4/h4-11,14H,12-13H2,1-3H3;2-9,16H,10-11H2,1H3;3H,1-2H3. The Morgan fingerprint density at radius 2 is 0.955 bits per heavy atom. The van der Waals surface area contributed by atoms with Crippen molar-refractivity contribution in [2.75, 3.05) is 0 Å². The Morgan fingerprint density at radius 3 is 1.32 bits per heavy atom. The van der Waals surface area contributed by atoms with E-state index in [2.05, 4.69) is 92.2 Å². The number of hydrogen-bond acceptors (Lipinski definition) is 6. The predicted octanol–water partition coefficient (Wildman–Crippen LogP) is 9.49. The van der Waals surface area contributed by atoms with E-state index in [1.54, 1.807) is 13.8 Å². The van der Waals surface area contributed by atoms with Gasteiger partial charge in [-0.25, -0.2) is 4.79 Å². The molecule has 44 heavy (non-hydrogen) atoms. The SMILES string of the molecule is CC(C)Br.Cc1ccc(COc2ccc(CO)cc2)cc1.Cc1ccc(COc2ccc(COC(=O)OC(C)C)cc2)cc1. The smallest absolute Gasteiger partial charge is 0.489 e. The van der Waals surface area contributed by atoms with Crippen molar-refractivity contribution in [3.63, 3.8) is 0 Å². The zero-order valence-electron chi connectivity index (χ0n) is 26.6. The Hall–Kier alpha value is -3.81. The van der Waals surface area contributed by atoms with Gasteiger partial charge in [0, 0.05) is 4.83 Å². The maximum Gasteiger partial charge on any atom is 0.508 e. The van der Waals surface area contributed by atoms with E-state index in [4.69, 9.17) is 24.1 Å². The Balaban J connectivity index is 0.000000283. The van der Waals surface area contributed by atoms with E-state index in [1.807, 2.05) is 48.5 Å². The molecule has 0 fully saturated rings. The van der Waals surface area contributed by atoms with Gasteiger partial charge in [-0.05, 0) is 74.2 Å². The summed E-state index contributed by atoms with van der Waals surface area (Å²) in [6, 6.07) is 31.5. The normalized spacial score (nSPS) is 10.2. The van der Waals surface area contributed by atoms with Crippen LogP contribution in [0.15, 0.2) is 97.1 Å². The minimum absolute atomic E-state index is 0.0677. The molecule has 0 heterocycles. The molecule has 0 aliphatic carbocycles. The molecule has 0 saturated carbocycles. The van der Waals surface area contributed by atoms with Crippen LogP contribution < -0.4 is 9.47 Å². The summed E-state index contributed by atoms with van der Waals surface area (Å²) >= 11 is 3.27. The van der Waals surface area contributed by atoms with Gasteiger partial charge in [-0.2, -0.15) is 0 Å². The van der Waals surface area contributed by atoms with Gasteiger partial charge in [0.25, 0.3) is 0 Å². The largest absolute Gasteiger partial charge is 0.508 e. The summed E-state index contributed by atoms with van der Waals surface area (Å²) in [4.78, 5) is 12.0. The maximum absolute atomic E-state index is 11.3. The molecule has 0 amide bonds. The number of hydrogen-bond donors (Lipinski definition) is 1. The molecular weight excluding hydrogens is 620 g/mol. The first-order valence-corrected chi connectivity index (χ1v) is 15.6. The van der Waals surface area contributed by atoms with Gasteiger partial charge >= 0.3 is 6.16 Å². The van der Waals surface area contributed by atoms with Crippen LogP contribution in [0.1, 0.15) is 61.1 Å². The van der Waals surface area contributed by atoms with Gasteiger partial charge in [-0.15, -0.1) is 0 Å². The van der Waals surface area contributed by atoms with Gasteiger partial charge in [0.1, 0.15) is 31.3 Å². The highest BCUT2D eigenvalue weighted by atomic mass is 79.9. The lowest BCUT2D eigenvalue weighted by Crippen LogP contribution is -2.12. The second-order valence-electron chi connectivity index (χ2n) is 10.7. The number of halogens is 1. The van der Waals surface area contributed by atoms with Crippen LogP contribution in [-0.2, 0) is 35.9 Å². The molecule has 4 aromatic carbocycles. The lowest BCUT2D eigenvalue weighted by molar-refractivity contribution is 0.0298. The molecule has 0 aliphatic heterocycles. The maximum atomic E-state index is 11.3. The van der Waals surface area contributed by atoms with E-state index < -0.39 is 6.16 Å². The molecule has 0 aliphatic rings. The van der Waals surface area contributed by atoms with Crippen molar-refractivity contribution >= 4 is 22.1 Å². The molecule has 1 N–H and O–H groups in total. The van der Waals surface area contributed by atoms with E-state index in [0.29, 0.717) is 18.0 Å². The highest BCUT2D eigenvalue weighted by Gasteiger charge is 2.07. The van der Waals surface area contributed by atoms with E-state index in [1.165, 1.54) is 11.1 Å². The number of carbonyl (C=O) groups excluding carboxylic acids is 1. The fourth-order valence-electron chi connectivity index (χ4n) is 3.44. The molecule has 0 spiro atoms. The summed E-state index contributed by atoms with van der Waals surface area (Å²) < 4.78 is 21.3. The second kappa shape index (κ2) is 20.2. The minimum atomic E-state index is -0.653. The average molecular weight is 666 g/mol. The number of alkyl halides is 1. The highest BCUT2D eigenvalue weighted by molar-refractivity contribution is 9.09. The first-order chi connectivity index (χ1) is 21.0. The van der Waals surface area contributed by atoms with Crippen LogP contribution in [-0.4, -0.2) is 22.2 Å². The lowest BCUT2D eigenvalue weighted by atomic mass is 10.2. The Morgan fingerprint density at radius 1 is 0.614 bits per heavy atom. The lowest BCUT2D eigenvalue weighted by Gasteiger charge is -2.10. The summed E-state index contributed by atoms with van der Waals surface area (Å²) in [6.07, 6.45) is -0.834. The molecule has 4 aromatic rings. The monoisotopic (exact) mass is 664 g/mol. The van der Waals surface area contributed by atoms with Crippen molar-refractivity contribution in [1.29, 1.82) is 0 Å². The number of aliphatic hydroxyl groups excluding tert-OH is 1. The summed E-state index contributed by atoms with van der Waals surface area (Å²) in [7, 11) is 0. The zero-order valence-corrected chi connectivity index (χ0v) is 28.2. The summed E-state index contributed by atoms with van der Waals surface area (Å²) in [5.74, 6) is 1.60. The molecule has 6 nitrogen and oxygen atoms in total. The summed E-state index contributed by atoms with van der Waals surface area (Å²) in [6.45, 7) is 13.2. The van der Waals surface area contributed by atoms with E-state index >= 15 is 0 Å². The molecule has 0 aromatic heterocycles.